The largest absolute Gasteiger partial charge is 0.389 e. The molecule has 0 heterocycles. The van der Waals surface area contributed by atoms with Crippen LogP contribution in [0.3, 0.4) is 0 Å². The maximum Gasteiger partial charge on any atom is 0.0945 e. The summed E-state index contributed by atoms with van der Waals surface area (Å²) in [5.74, 6) is 0. The third-order valence-electron chi connectivity index (χ3n) is 2.02. The van der Waals surface area contributed by atoms with Crippen LogP contribution in [0, 0.1) is 0 Å². The van der Waals surface area contributed by atoms with E-state index in [1.54, 1.807) is 0 Å². The molecule has 90 valence electrons. The monoisotopic (exact) mass is 223 g/mol. The molecule has 0 aliphatic heterocycles. The maximum absolute atomic E-state index is 9.69. The van der Waals surface area contributed by atoms with E-state index in [-0.39, 0.29) is 5.60 Å². The number of ether oxygens (including phenoxy) is 1. The molecular formula is C13H21NO2. The molecule has 1 unspecified atom stereocenters. The summed E-state index contributed by atoms with van der Waals surface area (Å²) in [5, 5.41) is 12.8. The molecule has 16 heavy (non-hydrogen) atoms. The third-order valence-corrected chi connectivity index (χ3v) is 2.02. The van der Waals surface area contributed by atoms with Gasteiger partial charge in [-0.2, -0.15) is 0 Å². The number of aliphatic hydroxyl groups is 1. The van der Waals surface area contributed by atoms with Gasteiger partial charge in [0.05, 0.1) is 18.3 Å². The number of hydrogen-bond donors (Lipinski definition) is 2. The van der Waals surface area contributed by atoms with Crippen LogP contribution < -0.4 is 5.32 Å². The van der Waals surface area contributed by atoms with Gasteiger partial charge in [-0.3, -0.25) is 0 Å². The van der Waals surface area contributed by atoms with Crippen molar-refractivity contribution in [1.82, 2.24) is 0 Å². The number of anilines is 1. The average Bonchev–Trinajstić information content (AvgIpc) is 2.24. The van der Waals surface area contributed by atoms with Gasteiger partial charge >= 0.3 is 0 Å². The van der Waals surface area contributed by atoms with Crippen LogP contribution >= 0.6 is 0 Å². The van der Waals surface area contributed by atoms with E-state index in [1.807, 2.05) is 51.1 Å². The van der Waals surface area contributed by atoms with E-state index >= 15 is 0 Å². The highest BCUT2D eigenvalue weighted by molar-refractivity contribution is 5.42. The lowest BCUT2D eigenvalue weighted by Crippen LogP contribution is -2.30. The van der Waals surface area contributed by atoms with Crippen LogP contribution in [0.4, 0.5) is 5.69 Å². The van der Waals surface area contributed by atoms with Crippen LogP contribution in [-0.4, -0.2) is 30.0 Å². The fraction of sp³-hybridized carbons (Fsp3) is 0.538. The van der Waals surface area contributed by atoms with Gasteiger partial charge in [0, 0.05) is 12.2 Å². The average molecular weight is 223 g/mol. The van der Waals surface area contributed by atoms with Crippen molar-refractivity contribution in [2.75, 3.05) is 18.5 Å². The second-order valence-electron chi connectivity index (χ2n) is 4.82. The number of aliphatic hydroxyl groups excluding tert-OH is 1. The lowest BCUT2D eigenvalue weighted by Gasteiger charge is -2.22. The zero-order chi connectivity index (χ0) is 12.0. The number of hydrogen-bond acceptors (Lipinski definition) is 3. The minimum atomic E-state index is -0.487. The highest BCUT2D eigenvalue weighted by Gasteiger charge is 2.13. The van der Waals surface area contributed by atoms with Crippen molar-refractivity contribution in [2.24, 2.45) is 0 Å². The molecule has 0 saturated carbocycles. The van der Waals surface area contributed by atoms with E-state index < -0.39 is 6.10 Å². The van der Waals surface area contributed by atoms with Gasteiger partial charge < -0.3 is 15.2 Å². The summed E-state index contributed by atoms with van der Waals surface area (Å²) >= 11 is 0. The molecule has 1 aromatic carbocycles. The standard InChI is InChI=1S/C13H21NO2/c1-13(2,3)16-10-12(15)9-14-11-7-5-4-6-8-11/h4-8,12,14-15H,9-10H2,1-3H3. The minimum Gasteiger partial charge on any atom is -0.389 e. The first-order valence-corrected chi connectivity index (χ1v) is 5.58. The summed E-state index contributed by atoms with van der Waals surface area (Å²) in [5.41, 5.74) is 0.811. The summed E-state index contributed by atoms with van der Waals surface area (Å²) in [4.78, 5) is 0. The summed E-state index contributed by atoms with van der Waals surface area (Å²) in [7, 11) is 0. The summed E-state index contributed by atoms with van der Waals surface area (Å²) in [6.45, 7) is 6.78. The SMILES string of the molecule is CC(C)(C)OCC(O)CNc1ccccc1. The maximum atomic E-state index is 9.69. The summed E-state index contributed by atoms with van der Waals surface area (Å²) in [6.07, 6.45) is -0.487. The Balaban J connectivity index is 2.23. The quantitative estimate of drug-likeness (QED) is 0.804. The van der Waals surface area contributed by atoms with E-state index in [0.29, 0.717) is 13.2 Å². The fourth-order valence-corrected chi connectivity index (χ4v) is 1.20. The first-order chi connectivity index (χ1) is 7.47. The van der Waals surface area contributed by atoms with Crippen LogP contribution in [0.2, 0.25) is 0 Å². The van der Waals surface area contributed by atoms with E-state index in [2.05, 4.69) is 5.32 Å². The highest BCUT2D eigenvalue weighted by atomic mass is 16.5. The van der Waals surface area contributed by atoms with Gasteiger partial charge in [-0.05, 0) is 32.9 Å². The van der Waals surface area contributed by atoms with Crippen molar-refractivity contribution in [3.8, 4) is 0 Å². The molecular weight excluding hydrogens is 202 g/mol. The van der Waals surface area contributed by atoms with Gasteiger partial charge in [-0.15, -0.1) is 0 Å². The van der Waals surface area contributed by atoms with Crippen LogP contribution in [0.1, 0.15) is 20.8 Å². The highest BCUT2D eigenvalue weighted by Crippen LogP contribution is 2.08. The van der Waals surface area contributed by atoms with Gasteiger partial charge in [0.1, 0.15) is 0 Å². The molecule has 0 spiro atoms. The Morgan fingerprint density at radius 1 is 1.25 bits per heavy atom. The second-order valence-corrected chi connectivity index (χ2v) is 4.82. The Morgan fingerprint density at radius 2 is 1.88 bits per heavy atom. The smallest absolute Gasteiger partial charge is 0.0945 e. The van der Waals surface area contributed by atoms with Gasteiger partial charge in [0.25, 0.3) is 0 Å². The predicted octanol–water partition coefficient (Wildman–Crippen LogP) is 2.27. The van der Waals surface area contributed by atoms with E-state index in [0.717, 1.165) is 5.69 Å². The van der Waals surface area contributed by atoms with E-state index in [9.17, 15) is 5.11 Å². The molecule has 0 aromatic heterocycles. The molecule has 0 radical (unpaired) electrons. The van der Waals surface area contributed by atoms with Gasteiger partial charge in [-0.1, -0.05) is 18.2 Å². The summed E-state index contributed by atoms with van der Waals surface area (Å²) in [6, 6.07) is 9.82. The molecule has 1 atom stereocenters. The molecule has 1 rings (SSSR count). The molecule has 0 saturated heterocycles. The lowest BCUT2D eigenvalue weighted by molar-refractivity contribution is -0.0449. The van der Waals surface area contributed by atoms with E-state index in [4.69, 9.17) is 4.74 Å². The molecule has 0 amide bonds. The summed E-state index contributed by atoms with van der Waals surface area (Å²) < 4.78 is 5.49. The predicted molar refractivity (Wildman–Crippen MR) is 66.6 cm³/mol. The molecule has 3 heteroatoms. The van der Waals surface area contributed by atoms with Crippen molar-refractivity contribution in [1.29, 1.82) is 0 Å². The number of rotatable bonds is 5. The molecule has 0 bridgehead atoms. The van der Waals surface area contributed by atoms with Crippen molar-refractivity contribution in [3.63, 3.8) is 0 Å². The normalized spacial score (nSPS) is 13.5. The van der Waals surface area contributed by atoms with E-state index in [1.165, 1.54) is 0 Å². The topological polar surface area (TPSA) is 41.5 Å². The van der Waals surface area contributed by atoms with Crippen molar-refractivity contribution in [3.05, 3.63) is 30.3 Å². The van der Waals surface area contributed by atoms with Crippen molar-refractivity contribution < 1.29 is 9.84 Å². The Bertz CT molecular complexity index is 293. The van der Waals surface area contributed by atoms with Gasteiger partial charge in [0.2, 0.25) is 0 Å². The zero-order valence-corrected chi connectivity index (χ0v) is 10.2. The fourth-order valence-electron chi connectivity index (χ4n) is 1.20. The Hall–Kier alpha value is -1.06. The second kappa shape index (κ2) is 5.87. The molecule has 2 N–H and O–H groups in total. The molecule has 0 aliphatic rings. The minimum absolute atomic E-state index is 0.201. The third kappa shape index (κ3) is 5.73. The van der Waals surface area contributed by atoms with Crippen molar-refractivity contribution >= 4 is 5.69 Å². The van der Waals surface area contributed by atoms with Crippen LogP contribution in [0.5, 0.6) is 0 Å². The Labute approximate surface area is 97.4 Å². The van der Waals surface area contributed by atoms with Crippen LogP contribution in [0.25, 0.3) is 0 Å². The Morgan fingerprint density at radius 3 is 2.44 bits per heavy atom. The first kappa shape index (κ1) is 13.0. The number of nitrogens with one attached hydrogen (secondary N) is 1. The molecule has 3 nitrogen and oxygen atoms in total. The van der Waals surface area contributed by atoms with Crippen LogP contribution in [0.15, 0.2) is 30.3 Å². The van der Waals surface area contributed by atoms with Crippen LogP contribution in [-0.2, 0) is 4.74 Å². The first-order valence-electron chi connectivity index (χ1n) is 5.58. The van der Waals surface area contributed by atoms with Crippen molar-refractivity contribution in [2.45, 2.75) is 32.5 Å². The molecule has 1 aromatic rings. The van der Waals surface area contributed by atoms with Gasteiger partial charge in [0.15, 0.2) is 0 Å². The van der Waals surface area contributed by atoms with Gasteiger partial charge in [-0.25, -0.2) is 0 Å². The molecule has 0 fully saturated rings. The Kier molecular flexibility index (Phi) is 4.77. The molecule has 0 aliphatic carbocycles. The lowest BCUT2D eigenvalue weighted by atomic mass is 10.2. The zero-order valence-electron chi connectivity index (χ0n) is 10.2. The number of para-hydroxylation sites is 1. The number of benzene rings is 1.